The van der Waals surface area contributed by atoms with Crippen LogP contribution in [-0.4, -0.2) is 17.5 Å². The highest BCUT2D eigenvalue weighted by atomic mass is 16.6. The molecular weight excluding hydrogens is 536 g/mol. The third-order valence-electron chi connectivity index (χ3n) is 8.53. The van der Waals surface area contributed by atoms with Crippen molar-refractivity contribution in [3.05, 3.63) is 124 Å². The topological polar surface area (TPSA) is 61.8 Å². The molecule has 222 valence electrons. The molecule has 0 heterocycles. The van der Waals surface area contributed by atoms with Gasteiger partial charge in [-0.3, -0.25) is 0 Å². The quantitative estimate of drug-likeness (QED) is 0.147. The van der Waals surface area contributed by atoms with Gasteiger partial charge in [-0.1, -0.05) is 58.0 Å². The first kappa shape index (κ1) is 30.1. The first-order valence-corrected chi connectivity index (χ1v) is 14.9. The monoisotopic (exact) mass is 576 g/mol. The van der Waals surface area contributed by atoms with E-state index in [1.54, 1.807) is 48.5 Å². The van der Waals surface area contributed by atoms with Gasteiger partial charge in [0.25, 0.3) is 0 Å². The standard InChI is InChI=1S/C38H40O5/c1-8-38(6,7)43-36(40)27-11-17-32(18-12-27)41-31-15-9-26(10-16-31)35(39)42-34-20-14-28(21-24(34)2)25(3)29-13-19-33-30(22-29)23-37(33,4)5/h9-22,25H,8,23H2,1-7H3. The number of fused-ring (bicyclic) bond motifs is 1. The summed E-state index contributed by atoms with van der Waals surface area (Å²) in [7, 11) is 0. The zero-order valence-corrected chi connectivity index (χ0v) is 26.1. The number of esters is 2. The van der Waals surface area contributed by atoms with Gasteiger partial charge in [-0.2, -0.15) is 0 Å². The Bertz CT molecular complexity index is 1650. The summed E-state index contributed by atoms with van der Waals surface area (Å²) < 4.78 is 17.2. The Morgan fingerprint density at radius 3 is 1.91 bits per heavy atom. The van der Waals surface area contributed by atoms with E-state index in [0.717, 1.165) is 18.4 Å². The lowest BCUT2D eigenvalue weighted by Crippen LogP contribution is -2.32. The highest BCUT2D eigenvalue weighted by Gasteiger charge is 2.34. The first-order valence-electron chi connectivity index (χ1n) is 14.9. The largest absolute Gasteiger partial charge is 0.457 e. The average Bonchev–Trinajstić information content (AvgIpc) is 2.97. The van der Waals surface area contributed by atoms with Gasteiger partial charge in [-0.05, 0) is 121 Å². The van der Waals surface area contributed by atoms with Crippen molar-refractivity contribution >= 4 is 11.9 Å². The zero-order chi connectivity index (χ0) is 30.9. The molecule has 0 saturated carbocycles. The minimum Gasteiger partial charge on any atom is -0.457 e. The fourth-order valence-electron chi connectivity index (χ4n) is 5.40. The SMILES string of the molecule is CCC(C)(C)OC(=O)c1ccc(Oc2ccc(C(=O)Oc3ccc(C(C)c4ccc5c(c4)CC5(C)C)cc3C)cc2)cc1. The second-order valence-electron chi connectivity index (χ2n) is 12.8. The number of hydrogen-bond donors (Lipinski definition) is 0. The number of carbonyl (C=O) groups excluding carboxylic acids is 2. The van der Waals surface area contributed by atoms with Crippen LogP contribution in [0.3, 0.4) is 0 Å². The van der Waals surface area contributed by atoms with E-state index >= 15 is 0 Å². The van der Waals surface area contributed by atoms with Gasteiger partial charge in [-0.25, -0.2) is 9.59 Å². The molecule has 0 radical (unpaired) electrons. The molecule has 0 saturated heterocycles. The Morgan fingerprint density at radius 2 is 1.37 bits per heavy atom. The fraction of sp³-hybridized carbons (Fsp3) is 0.316. The summed E-state index contributed by atoms with van der Waals surface area (Å²) in [5.41, 5.74) is 6.94. The number of benzene rings is 4. The smallest absolute Gasteiger partial charge is 0.343 e. The van der Waals surface area contributed by atoms with Crippen LogP contribution in [-0.2, 0) is 16.6 Å². The second kappa shape index (κ2) is 11.7. The minimum absolute atomic E-state index is 0.239. The van der Waals surface area contributed by atoms with Crippen molar-refractivity contribution in [1.82, 2.24) is 0 Å². The van der Waals surface area contributed by atoms with Gasteiger partial charge in [-0.15, -0.1) is 0 Å². The van der Waals surface area contributed by atoms with Crippen molar-refractivity contribution in [3.8, 4) is 17.2 Å². The van der Waals surface area contributed by atoms with Crippen molar-refractivity contribution in [2.75, 3.05) is 0 Å². The van der Waals surface area contributed by atoms with Crippen LogP contribution >= 0.6 is 0 Å². The van der Waals surface area contributed by atoms with E-state index < -0.39 is 11.6 Å². The van der Waals surface area contributed by atoms with E-state index in [1.807, 2.05) is 39.8 Å². The van der Waals surface area contributed by atoms with E-state index in [0.29, 0.717) is 28.4 Å². The maximum atomic E-state index is 12.9. The highest BCUT2D eigenvalue weighted by Crippen LogP contribution is 2.42. The molecule has 1 unspecified atom stereocenters. The van der Waals surface area contributed by atoms with Crippen LogP contribution in [0.5, 0.6) is 17.2 Å². The Balaban J connectivity index is 1.19. The third kappa shape index (κ3) is 6.67. The molecule has 1 atom stereocenters. The van der Waals surface area contributed by atoms with Crippen molar-refractivity contribution in [2.24, 2.45) is 0 Å². The molecule has 1 aliphatic rings. The summed E-state index contributed by atoms with van der Waals surface area (Å²) >= 11 is 0. The summed E-state index contributed by atoms with van der Waals surface area (Å²) in [5, 5.41) is 0. The van der Waals surface area contributed by atoms with E-state index in [4.69, 9.17) is 14.2 Å². The van der Waals surface area contributed by atoms with Crippen molar-refractivity contribution < 1.29 is 23.8 Å². The lowest BCUT2D eigenvalue weighted by atomic mass is 9.66. The van der Waals surface area contributed by atoms with Gasteiger partial charge in [0.1, 0.15) is 22.8 Å². The van der Waals surface area contributed by atoms with Crippen LogP contribution in [0.15, 0.2) is 84.9 Å². The van der Waals surface area contributed by atoms with E-state index in [1.165, 1.54) is 22.3 Å². The van der Waals surface area contributed by atoms with Crippen LogP contribution in [0.2, 0.25) is 0 Å². The number of aryl methyl sites for hydroxylation is 1. The van der Waals surface area contributed by atoms with Gasteiger partial charge in [0, 0.05) is 5.92 Å². The predicted molar refractivity (Wildman–Crippen MR) is 170 cm³/mol. The molecule has 0 aliphatic heterocycles. The molecule has 0 spiro atoms. The van der Waals surface area contributed by atoms with Gasteiger partial charge in [0.2, 0.25) is 0 Å². The lowest BCUT2D eigenvalue weighted by molar-refractivity contribution is -0.00245. The molecule has 0 aromatic heterocycles. The van der Waals surface area contributed by atoms with Crippen LogP contribution in [0, 0.1) is 6.92 Å². The molecule has 5 heteroatoms. The minimum atomic E-state index is -0.517. The van der Waals surface area contributed by atoms with Crippen LogP contribution in [0.25, 0.3) is 0 Å². The van der Waals surface area contributed by atoms with E-state index in [9.17, 15) is 9.59 Å². The fourth-order valence-corrected chi connectivity index (χ4v) is 5.40. The van der Waals surface area contributed by atoms with Crippen molar-refractivity contribution in [1.29, 1.82) is 0 Å². The van der Waals surface area contributed by atoms with Crippen LogP contribution in [0.1, 0.15) is 102 Å². The Hall–Kier alpha value is -4.38. The number of hydrogen-bond acceptors (Lipinski definition) is 5. The van der Waals surface area contributed by atoms with Gasteiger partial charge >= 0.3 is 11.9 Å². The van der Waals surface area contributed by atoms with Gasteiger partial charge in [0.15, 0.2) is 0 Å². The highest BCUT2D eigenvalue weighted by molar-refractivity contribution is 5.91. The predicted octanol–water partition coefficient (Wildman–Crippen LogP) is 9.34. The van der Waals surface area contributed by atoms with Crippen LogP contribution in [0.4, 0.5) is 0 Å². The first-order chi connectivity index (χ1) is 20.3. The van der Waals surface area contributed by atoms with E-state index in [2.05, 4.69) is 45.0 Å². The Morgan fingerprint density at radius 1 is 0.814 bits per heavy atom. The number of rotatable bonds is 9. The molecule has 43 heavy (non-hydrogen) atoms. The second-order valence-corrected chi connectivity index (χ2v) is 12.8. The molecule has 0 amide bonds. The molecule has 5 rings (SSSR count). The Labute approximate surface area is 254 Å². The average molecular weight is 577 g/mol. The van der Waals surface area contributed by atoms with Crippen molar-refractivity contribution in [2.45, 2.75) is 78.2 Å². The molecule has 5 nitrogen and oxygen atoms in total. The molecule has 4 aromatic rings. The summed E-state index contributed by atoms with van der Waals surface area (Å²) in [6, 6.07) is 26.4. The van der Waals surface area contributed by atoms with Gasteiger partial charge < -0.3 is 14.2 Å². The molecular formula is C38H40O5. The number of carbonyl (C=O) groups is 2. The molecule has 1 aliphatic carbocycles. The third-order valence-corrected chi connectivity index (χ3v) is 8.53. The molecule has 0 fully saturated rings. The maximum absolute atomic E-state index is 12.9. The Kier molecular flexibility index (Phi) is 8.20. The summed E-state index contributed by atoms with van der Waals surface area (Å²) in [4.78, 5) is 25.3. The maximum Gasteiger partial charge on any atom is 0.343 e. The number of ether oxygens (including phenoxy) is 3. The summed E-state index contributed by atoms with van der Waals surface area (Å²) in [5.74, 6) is 1.11. The normalized spacial score (nSPS) is 14.2. The molecule has 0 bridgehead atoms. The summed E-state index contributed by atoms with van der Waals surface area (Å²) in [6.07, 6.45) is 1.84. The molecule has 4 aromatic carbocycles. The lowest BCUT2D eigenvalue weighted by Gasteiger charge is -2.38. The molecule has 0 N–H and O–H groups in total. The zero-order valence-electron chi connectivity index (χ0n) is 26.1. The van der Waals surface area contributed by atoms with E-state index in [-0.39, 0.29) is 17.3 Å². The van der Waals surface area contributed by atoms with Crippen LogP contribution < -0.4 is 9.47 Å². The van der Waals surface area contributed by atoms with Gasteiger partial charge in [0.05, 0.1) is 11.1 Å². The summed E-state index contributed by atoms with van der Waals surface area (Å²) in [6.45, 7) is 14.5. The van der Waals surface area contributed by atoms with Crippen molar-refractivity contribution in [3.63, 3.8) is 0 Å².